The van der Waals surface area contributed by atoms with Gasteiger partial charge in [0.1, 0.15) is 11.4 Å². The summed E-state index contributed by atoms with van der Waals surface area (Å²) in [6.07, 6.45) is 0.786. The Morgan fingerprint density at radius 1 is 1.32 bits per heavy atom. The molecule has 0 radical (unpaired) electrons. The fraction of sp³-hybridized carbons (Fsp3) is 0.333. The number of halogens is 1. The maximum Gasteiger partial charge on any atom is 0.261 e. The van der Waals surface area contributed by atoms with E-state index >= 15 is 0 Å². The van der Waals surface area contributed by atoms with E-state index in [2.05, 4.69) is 32.3 Å². The van der Waals surface area contributed by atoms with Crippen molar-refractivity contribution in [3.8, 4) is 11.4 Å². The van der Waals surface area contributed by atoms with Crippen LogP contribution in [0.5, 0.6) is 0 Å². The summed E-state index contributed by atoms with van der Waals surface area (Å²) >= 11 is 6.06. The molecule has 10 heteroatoms. The molecule has 1 aliphatic rings. The summed E-state index contributed by atoms with van der Waals surface area (Å²) < 4.78 is 11.1. The second-order valence-corrected chi connectivity index (χ2v) is 9.62. The first kappa shape index (κ1) is 25.3. The number of rotatable bonds is 8. The van der Waals surface area contributed by atoms with E-state index in [-0.39, 0.29) is 18.2 Å². The molecule has 0 aliphatic carbocycles. The lowest BCUT2D eigenvalue weighted by atomic mass is 10.1. The Balaban J connectivity index is 1.43. The number of aliphatic hydroxyl groups is 1. The molecule has 1 aliphatic heterocycles. The molecule has 3 heterocycles. The maximum atomic E-state index is 12.9. The van der Waals surface area contributed by atoms with Gasteiger partial charge in [0.2, 0.25) is 0 Å². The number of imidazole rings is 1. The molecule has 4 aromatic rings. The van der Waals surface area contributed by atoms with Crippen molar-refractivity contribution in [3.63, 3.8) is 0 Å². The molecule has 2 atom stereocenters. The highest BCUT2D eigenvalue weighted by molar-refractivity contribution is 6.30. The molecule has 4 N–H and O–H groups in total. The molecule has 0 spiro atoms. The Bertz CT molecular complexity index is 1450. The first-order chi connectivity index (χ1) is 17.9. The summed E-state index contributed by atoms with van der Waals surface area (Å²) in [6, 6.07) is 13.0. The van der Waals surface area contributed by atoms with E-state index in [1.807, 2.05) is 13.0 Å². The molecule has 2 aromatic carbocycles. The van der Waals surface area contributed by atoms with Crippen LogP contribution in [0, 0.1) is 6.92 Å². The standard InChI is InChI=1S/C27H30ClN5O4/c1-16-10-19(33-8-9-37-20(14-33)15-36-2)12-22-25(16)32-26(31-22)24-21(6-7-29-27(24)35)30-13-23(34)17-4-3-5-18(28)11-17/h3-7,10-12,20,23,34H,8-9,13-15H2,1-2H3,(H,31,32)(H2,29,30,35)/t20-,23+/m1/s1. The molecular weight excluding hydrogens is 494 g/mol. The molecule has 1 fully saturated rings. The Hall–Kier alpha value is -3.37. The number of aromatic amines is 2. The number of pyridine rings is 1. The number of ether oxygens (including phenoxy) is 2. The molecule has 1 saturated heterocycles. The molecule has 2 aromatic heterocycles. The molecule has 5 rings (SSSR count). The zero-order chi connectivity index (χ0) is 25.9. The van der Waals surface area contributed by atoms with Gasteiger partial charge in [-0.25, -0.2) is 4.98 Å². The van der Waals surface area contributed by atoms with Crippen LogP contribution in [0.3, 0.4) is 0 Å². The van der Waals surface area contributed by atoms with Gasteiger partial charge in [0.15, 0.2) is 0 Å². The van der Waals surface area contributed by atoms with Gasteiger partial charge in [-0.2, -0.15) is 0 Å². The van der Waals surface area contributed by atoms with Crippen LogP contribution in [0.1, 0.15) is 17.2 Å². The number of H-pyrrole nitrogens is 2. The lowest BCUT2D eigenvalue weighted by molar-refractivity contribution is -0.0100. The van der Waals surface area contributed by atoms with Crippen LogP contribution in [0.4, 0.5) is 11.4 Å². The van der Waals surface area contributed by atoms with Crippen molar-refractivity contribution in [1.29, 1.82) is 0 Å². The quantitative estimate of drug-likeness (QED) is 0.277. The number of aryl methyl sites for hydroxylation is 1. The van der Waals surface area contributed by atoms with Crippen LogP contribution >= 0.6 is 11.6 Å². The van der Waals surface area contributed by atoms with Crippen LogP contribution < -0.4 is 15.8 Å². The third kappa shape index (κ3) is 5.50. The van der Waals surface area contributed by atoms with Crippen molar-refractivity contribution in [1.82, 2.24) is 15.0 Å². The van der Waals surface area contributed by atoms with Gasteiger partial charge in [0.25, 0.3) is 5.56 Å². The van der Waals surface area contributed by atoms with Crippen molar-refractivity contribution < 1.29 is 14.6 Å². The number of morpholine rings is 1. The predicted molar refractivity (Wildman–Crippen MR) is 146 cm³/mol. The Morgan fingerprint density at radius 3 is 3.00 bits per heavy atom. The minimum Gasteiger partial charge on any atom is -0.387 e. The number of nitrogens with one attached hydrogen (secondary N) is 3. The highest BCUT2D eigenvalue weighted by atomic mass is 35.5. The smallest absolute Gasteiger partial charge is 0.261 e. The number of hydrogen-bond donors (Lipinski definition) is 4. The molecule has 37 heavy (non-hydrogen) atoms. The second-order valence-electron chi connectivity index (χ2n) is 9.19. The largest absolute Gasteiger partial charge is 0.387 e. The van der Waals surface area contributed by atoms with E-state index in [0.29, 0.717) is 40.9 Å². The summed E-state index contributed by atoms with van der Waals surface area (Å²) in [4.78, 5) is 26.0. The van der Waals surface area contributed by atoms with E-state index in [9.17, 15) is 9.90 Å². The third-order valence-electron chi connectivity index (χ3n) is 6.54. The normalized spacial score (nSPS) is 16.8. The Labute approximate surface area is 219 Å². The summed E-state index contributed by atoms with van der Waals surface area (Å²) in [6.45, 7) is 4.91. The van der Waals surface area contributed by atoms with E-state index in [1.54, 1.807) is 37.6 Å². The first-order valence-electron chi connectivity index (χ1n) is 12.2. The number of fused-ring (bicyclic) bond motifs is 1. The molecule has 9 nitrogen and oxygen atoms in total. The molecule has 0 amide bonds. The van der Waals surface area contributed by atoms with Crippen molar-refractivity contribution in [3.05, 3.63) is 75.2 Å². The lowest BCUT2D eigenvalue weighted by Crippen LogP contribution is -2.44. The zero-order valence-corrected chi connectivity index (χ0v) is 21.5. The molecule has 0 unspecified atom stereocenters. The lowest BCUT2D eigenvalue weighted by Gasteiger charge is -2.34. The molecule has 0 saturated carbocycles. The van der Waals surface area contributed by atoms with Gasteiger partial charge >= 0.3 is 0 Å². The van der Waals surface area contributed by atoms with Gasteiger partial charge in [-0.05, 0) is 48.4 Å². The van der Waals surface area contributed by atoms with Gasteiger partial charge in [0.05, 0.1) is 42.1 Å². The number of nitrogens with zero attached hydrogens (tertiary/aromatic N) is 2. The van der Waals surface area contributed by atoms with Crippen molar-refractivity contribution >= 4 is 34.0 Å². The SMILES string of the molecule is COC[C@H]1CN(c2cc(C)c3nc(-c4c(NC[C@H](O)c5cccc(Cl)c5)cc[nH]c4=O)[nH]c3c2)CCO1. The zero-order valence-electron chi connectivity index (χ0n) is 20.8. The maximum absolute atomic E-state index is 12.9. The number of methoxy groups -OCH3 is 1. The topological polar surface area (TPSA) is 115 Å². The molecule has 0 bridgehead atoms. The highest BCUT2D eigenvalue weighted by Crippen LogP contribution is 2.30. The fourth-order valence-electron chi connectivity index (χ4n) is 4.71. The monoisotopic (exact) mass is 523 g/mol. The summed E-state index contributed by atoms with van der Waals surface area (Å²) in [5, 5.41) is 14.4. The van der Waals surface area contributed by atoms with Crippen LogP contribution in [-0.2, 0) is 9.47 Å². The second kappa shape index (κ2) is 10.9. The van der Waals surface area contributed by atoms with Gasteiger partial charge in [-0.15, -0.1) is 0 Å². The predicted octanol–water partition coefficient (Wildman–Crippen LogP) is 3.88. The third-order valence-corrected chi connectivity index (χ3v) is 6.77. The van der Waals surface area contributed by atoms with Crippen molar-refractivity contribution in [2.75, 3.05) is 50.2 Å². The number of benzene rings is 2. The number of hydrogen-bond acceptors (Lipinski definition) is 7. The molecular formula is C27H30ClN5O4. The van der Waals surface area contributed by atoms with E-state index in [1.165, 1.54) is 0 Å². The van der Waals surface area contributed by atoms with Crippen molar-refractivity contribution in [2.45, 2.75) is 19.1 Å². The van der Waals surface area contributed by atoms with Crippen LogP contribution in [0.15, 0.2) is 53.5 Å². The minimum atomic E-state index is -0.804. The Morgan fingerprint density at radius 2 is 2.19 bits per heavy atom. The molecule has 194 valence electrons. The van der Waals surface area contributed by atoms with E-state index in [4.69, 9.17) is 26.1 Å². The summed E-state index contributed by atoms with van der Waals surface area (Å²) in [5.41, 5.74) is 5.06. The highest BCUT2D eigenvalue weighted by Gasteiger charge is 2.22. The van der Waals surface area contributed by atoms with Crippen LogP contribution in [-0.4, -0.2) is 66.1 Å². The number of anilines is 2. The van der Waals surface area contributed by atoms with E-state index < -0.39 is 6.10 Å². The average molecular weight is 524 g/mol. The van der Waals surface area contributed by atoms with Gasteiger partial charge in [-0.1, -0.05) is 23.7 Å². The van der Waals surface area contributed by atoms with Gasteiger partial charge in [0, 0.05) is 43.7 Å². The summed E-state index contributed by atoms with van der Waals surface area (Å²) in [7, 11) is 1.68. The average Bonchev–Trinajstić information content (AvgIpc) is 3.32. The fourth-order valence-corrected chi connectivity index (χ4v) is 4.91. The van der Waals surface area contributed by atoms with Gasteiger partial charge in [-0.3, -0.25) is 4.79 Å². The minimum absolute atomic E-state index is 0.0193. The first-order valence-corrected chi connectivity index (χ1v) is 12.6. The number of aromatic nitrogens is 3. The van der Waals surface area contributed by atoms with Crippen LogP contribution in [0.25, 0.3) is 22.4 Å². The van der Waals surface area contributed by atoms with Crippen LogP contribution in [0.2, 0.25) is 5.02 Å². The van der Waals surface area contributed by atoms with Gasteiger partial charge < -0.3 is 34.8 Å². The van der Waals surface area contributed by atoms with E-state index in [0.717, 1.165) is 35.4 Å². The Kier molecular flexibility index (Phi) is 7.48. The number of aliphatic hydroxyl groups excluding tert-OH is 1. The van der Waals surface area contributed by atoms with Crippen molar-refractivity contribution in [2.24, 2.45) is 0 Å². The summed E-state index contributed by atoms with van der Waals surface area (Å²) in [5.74, 6) is 0.455.